The number of rotatable bonds is 2. The number of amides is 1. The van der Waals surface area contributed by atoms with Crippen molar-refractivity contribution in [1.29, 1.82) is 0 Å². The van der Waals surface area contributed by atoms with Gasteiger partial charge in [0.2, 0.25) is 0 Å². The number of piperazine rings is 1. The molecule has 0 radical (unpaired) electrons. The first-order valence-corrected chi connectivity index (χ1v) is 7.19. The van der Waals surface area contributed by atoms with Crippen molar-refractivity contribution in [1.82, 2.24) is 19.5 Å². The van der Waals surface area contributed by atoms with Crippen LogP contribution in [0.5, 0.6) is 0 Å². The van der Waals surface area contributed by atoms with Gasteiger partial charge >= 0.3 is 0 Å². The van der Waals surface area contributed by atoms with Crippen molar-refractivity contribution in [3.63, 3.8) is 0 Å². The molecule has 1 saturated heterocycles. The molecule has 0 bridgehead atoms. The number of carbonyl (C=O) groups excluding carboxylic acids is 1. The van der Waals surface area contributed by atoms with Gasteiger partial charge < -0.3 is 14.2 Å². The van der Waals surface area contributed by atoms with Gasteiger partial charge in [-0.1, -0.05) is 0 Å². The zero-order valence-corrected chi connectivity index (χ0v) is 11.9. The van der Waals surface area contributed by atoms with Crippen LogP contribution in [0.3, 0.4) is 0 Å². The topological polar surface area (TPSA) is 66.9 Å². The molecule has 3 aromatic heterocycles. The maximum atomic E-state index is 12.2. The average Bonchev–Trinajstić information content (AvgIpc) is 3.25. The molecular formula is C15H15N5O2. The Morgan fingerprint density at radius 2 is 2.00 bits per heavy atom. The van der Waals surface area contributed by atoms with Crippen LogP contribution >= 0.6 is 0 Å². The van der Waals surface area contributed by atoms with Gasteiger partial charge in [-0.25, -0.2) is 9.50 Å². The monoisotopic (exact) mass is 297 g/mol. The van der Waals surface area contributed by atoms with Crippen LogP contribution in [0.25, 0.3) is 5.65 Å². The molecule has 1 aliphatic heterocycles. The molecule has 1 amide bonds. The number of furan rings is 1. The predicted octanol–water partition coefficient (Wildman–Crippen LogP) is 1.28. The Morgan fingerprint density at radius 1 is 1.14 bits per heavy atom. The van der Waals surface area contributed by atoms with Crippen LogP contribution in [-0.4, -0.2) is 51.6 Å². The summed E-state index contributed by atoms with van der Waals surface area (Å²) in [4.78, 5) is 20.8. The Balaban J connectivity index is 1.46. The molecule has 1 aliphatic rings. The lowest BCUT2D eigenvalue weighted by Crippen LogP contribution is -2.49. The van der Waals surface area contributed by atoms with E-state index in [2.05, 4.69) is 15.0 Å². The molecule has 0 saturated carbocycles. The SMILES string of the molecule is O=C(c1ccco1)N1CCN(c2ccn3nccc3n2)CC1. The van der Waals surface area contributed by atoms with Gasteiger partial charge in [-0.3, -0.25) is 4.79 Å². The van der Waals surface area contributed by atoms with Crippen LogP contribution in [-0.2, 0) is 0 Å². The van der Waals surface area contributed by atoms with Gasteiger partial charge in [-0.15, -0.1) is 0 Å². The van der Waals surface area contributed by atoms with Crippen molar-refractivity contribution in [3.05, 3.63) is 48.7 Å². The van der Waals surface area contributed by atoms with Gasteiger partial charge in [0.25, 0.3) is 5.91 Å². The number of fused-ring (bicyclic) bond motifs is 1. The van der Waals surface area contributed by atoms with E-state index in [1.807, 2.05) is 23.2 Å². The first kappa shape index (κ1) is 12.9. The Bertz CT molecular complexity index is 787. The van der Waals surface area contributed by atoms with Crippen molar-refractivity contribution in [3.8, 4) is 0 Å². The van der Waals surface area contributed by atoms with Gasteiger partial charge in [0.05, 0.1) is 12.5 Å². The van der Waals surface area contributed by atoms with E-state index in [1.54, 1.807) is 22.8 Å². The molecule has 0 N–H and O–H groups in total. The molecule has 112 valence electrons. The highest BCUT2D eigenvalue weighted by molar-refractivity contribution is 5.91. The summed E-state index contributed by atoms with van der Waals surface area (Å²) >= 11 is 0. The molecule has 4 rings (SSSR count). The van der Waals surface area contributed by atoms with E-state index in [9.17, 15) is 4.79 Å². The molecule has 0 aromatic carbocycles. The second-order valence-corrected chi connectivity index (χ2v) is 5.18. The minimum absolute atomic E-state index is 0.0520. The van der Waals surface area contributed by atoms with Crippen molar-refractivity contribution < 1.29 is 9.21 Å². The quantitative estimate of drug-likeness (QED) is 0.713. The van der Waals surface area contributed by atoms with E-state index in [0.29, 0.717) is 18.8 Å². The maximum Gasteiger partial charge on any atom is 0.289 e. The lowest BCUT2D eigenvalue weighted by molar-refractivity contribution is 0.0714. The smallest absolute Gasteiger partial charge is 0.289 e. The highest BCUT2D eigenvalue weighted by atomic mass is 16.3. The van der Waals surface area contributed by atoms with Gasteiger partial charge in [-0.2, -0.15) is 5.10 Å². The van der Waals surface area contributed by atoms with Gasteiger partial charge in [-0.05, 0) is 18.2 Å². The van der Waals surface area contributed by atoms with Crippen molar-refractivity contribution >= 4 is 17.4 Å². The van der Waals surface area contributed by atoms with E-state index in [0.717, 1.165) is 24.6 Å². The maximum absolute atomic E-state index is 12.2. The molecule has 0 aliphatic carbocycles. The minimum Gasteiger partial charge on any atom is -0.459 e. The van der Waals surface area contributed by atoms with Crippen LogP contribution in [0, 0.1) is 0 Å². The molecule has 1 fully saturated rings. The van der Waals surface area contributed by atoms with E-state index < -0.39 is 0 Å². The lowest BCUT2D eigenvalue weighted by atomic mass is 10.3. The number of anilines is 1. The van der Waals surface area contributed by atoms with Crippen LogP contribution in [0.2, 0.25) is 0 Å². The molecule has 7 heteroatoms. The third kappa shape index (κ3) is 2.20. The summed E-state index contributed by atoms with van der Waals surface area (Å²) in [6.45, 7) is 2.82. The molecule has 4 heterocycles. The second-order valence-electron chi connectivity index (χ2n) is 5.18. The molecule has 0 spiro atoms. The summed E-state index contributed by atoms with van der Waals surface area (Å²) < 4.78 is 6.91. The third-order valence-electron chi connectivity index (χ3n) is 3.87. The van der Waals surface area contributed by atoms with E-state index >= 15 is 0 Å². The molecule has 0 unspecified atom stereocenters. The summed E-state index contributed by atoms with van der Waals surface area (Å²) in [5.41, 5.74) is 0.826. The fourth-order valence-electron chi connectivity index (χ4n) is 2.67. The predicted molar refractivity (Wildman–Crippen MR) is 79.8 cm³/mol. The fraction of sp³-hybridized carbons (Fsp3) is 0.267. The zero-order chi connectivity index (χ0) is 14.9. The molecular weight excluding hydrogens is 282 g/mol. The first-order valence-electron chi connectivity index (χ1n) is 7.19. The van der Waals surface area contributed by atoms with Crippen LogP contribution in [0.15, 0.2) is 47.3 Å². The van der Waals surface area contributed by atoms with Gasteiger partial charge in [0.15, 0.2) is 11.4 Å². The van der Waals surface area contributed by atoms with E-state index in [-0.39, 0.29) is 5.91 Å². The van der Waals surface area contributed by atoms with Crippen molar-refractivity contribution in [2.75, 3.05) is 31.1 Å². The Hall–Kier alpha value is -2.83. The number of nitrogens with zero attached hydrogens (tertiary/aromatic N) is 5. The largest absolute Gasteiger partial charge is 0.459 e. The summed E-state index contributed by atoms with van der Waals surface area (Å²) in [6.07, 6.45) is 5.15. The summed E-state index contributed by atoms with van der Waals surface area (Å²) in [5.74, 6) is 1.26. The molecule has 3 aromatic rings. The van der Waals surface area contributed by atoms with Crippen molar-refractivity contribution in [2.24, 2.45) is 0 Å². The highest BCUT2D eigenvalue weighted by Crippen LogP contribution is 2.16. The second kappa shape index (κ2) is 5.18. The molecule has 22 heavy (non-hydrogen) atoms. The molecule has 7 nitrogen and oxygen atoms in total. The van der Waals surface area contributed by atoms with Crippen molar-refractivity contribution in [2.45, 2.75) is 0 Å². The van der Waals surface area contributed by atoms with Crippen LogP contribution in [0.1, 0.15) is 10.6 Å². The summed E-state index contributed by atoms with van der Waals surface area (Å²) in [7, 11) is 0. The number of carbonyl (C=O) groups is 1. The van der Waals surface area contributed by atoms with Gasteiger partial charge in [0, 0.05) is 38.4 Å². The zero-order valence-electron chi connectivity index (χ0n) is 11.9. The van der Waals surface area contributed by atoms with Gasteiger partial charge in [0.1, 0.15) is 5.82 Å². The normalized spacial score (nSPS) is 15.5. The fourth-order valence-corrected chi connectivity index (χ4v) is 2.67. The first-order chi connectivity index (χ1) is 10.8. The molecule has 0 atom stereocenters. The Labute approximate surface area is 126 Å². The standard InChI is InChI=1S/C15H15N5O2/c21-15(12-2-1-11-22-12)19-9-7-18(8-10-19)13-4-6-20-14(17-13)3-5-16-20/h1-6,11H,7-10H2. The van der Waals surface area contributed by atoms with E-state index in [4.69, 9.17) is 4.42 Å². The number of hydrogen-bond donors (Lipinski definition) is 0. The number of hydrogen-bond acceptors (Lipinski definition) is 5. The van der Waals surface area contributed by atoms with E-state index in [1.165, 1.54) is 6.26 Å². The summed E-state index contributed by atoms with van der Waals surface area (Å²) in [6, 6.07) is 7.25. The third-order valence-corrected chi connectivity index (χ3v) is 3.87. The van der Waals surface area contributed by atoms with Crippen LogP contribution in [0.4, 0.5) is 5.82 Å². The Kier molecular flexibility index (Phi) is 3.03. The summed E-state index contributed by atoms with van der Waals surface area (Å²) in [5, 5.41) is 4.14. The number of aromatic nitrogens is 3. The Morgan fingerprint density at radius 3 is 2.77 bits per heavy atom. The average molecular weight is 297 g/mol. The minimum atomic E-state index is -0.0520. The highest BCUT2D eigenvalue weighted by Gasteiger charge is 2.24. The lowest BCUT2D eigenvalue weighted by Gasteiger charge is -2.35. The van der Waals surface area contributed by atoms with Crippen LogP contribution < -0.4 is 4.90 Å².